The Morgan fingerprint density at radius 1 is 0.500 bits per heavy atom. The molecule has 0 unspecified atom stereocenters. The van der Waals surface area contributed by atoms with Crippen molar-refractivity contribution in [2.24, 2.45) is 0 Å². The predicted octanol–water partition coefficient (Wildman–Crippen LogP) is 3.15. The molecule has 98 valence electrons. The molecule has 0 atom stereocenters. The van der Waals surface area contributed by atoms with Crippen LogP contribution in [0, 0.1) is 0 Å². The quantitative estimate of drug-likeness (QED) is 0.718. The molecule has 16 heavy (non-hydrogen) atoms. The van der Waals surface area contributed by atoms with Gasteiger partial charge in [0.2, 0.25) is 0 Å². The van der Waals surface area contributed by atoms with Crippen molar-refractivity contribution in [3.63, 3.8) is 0 Å². The van der Waals surface area contributed by atoms with Crippen LogP contribution in [0.1, 0.15) is 62.3 Å². The maximum absolute atomic E-state index is 5.88. The SMILES string of the molecule is CC(C)(C)O[SiH](OC(C)(C)C)OC(C)(C)C. The van der Waals surface area contributed by atoms with Gasteiger partial charge in [0.1, 0.15) is 0 Å². The van der Waals surface area contributed by atoms with Crippen LogP contribution in [0.5, 0.6) is 0 Å². The Kier molecular flexibility index (Phi) is 5.20. The fourth-order valence-electron chi connectivity index (χ4n) is 0.938. The lowest BCUT2D eigenvalue weighted by atomic mass is 10.2. The minimum atomic E-state index is -2.11. The Morgan fingerprint density at radius 3 is 0.812 bits per heavy atom. The third kappa shape index (κ3) is 10.6. The minimum Gasteiger partial charge on any atom is -0.371 e. The molecule has 0 aliphatic heterocycles. The molecule has 0 N–H and O–H groups in total. The summed E-state index contributed by atoms with van der Waals surface area (Å²) in [5, 5.41) is 0. The van der Waals surface area contributed by atoms with Gasteiger partial charge >= 0.3 is 9.53 Å². The Hall–Kier alpha value is 0.0969. The molecule has 3 nitrogen and oxygen atoms in total. The molecule has 0 radical (unpaired) electrons. The van der Waals surface area contributed by atoms with Gasteiger partial charge in [0.15, 0.2) is 0 Å². The van der Waals surface area contributed by atoms with E-state index in [1.165, 1.54) is 0 Å². The summed E-state index contributed by atoms with van der Waals surface area (Å²) in [4.78, 5) is 0. The molecule has 0 aromatic carbocycles. The Balaban J connectivity index is 4.53. The van der Waals surface area contributed by atoms with E-state index in [4.69, 9.17) is 13.3 Å². The zero-order chi connectivity index (χ0) is 13.2. The van der Waals surface area contributed by atoms with Crippen molar-refractivity contribution in [1.82, 2.24) is 0 Å². The number of rotatable bonds is 3. The second-order valence-electron chi connectivity index (χ2n) is 6.98. The topological polar surface area (TPSA) is 27.7 Å². The van der Waals surface area contributed by atoms with Crippen LogP contribution < -0.4 is 0 Å². The maximum atomic E-state index is 5.88. The van der Waals surface area contributed by atoms with E-state index in [9.17, 15) is 0 Å². The summed E-state index contributed by atoms with van der Waals surface area (Å²) < 4.78 is 17.7. The van der Waals surface area contributed by atoms with E-state index in [0.29, 0.717) is 0 Å². The molecular weight excluding hydrogens is 220 g/mol. The van der Waals surface area contributed by atoms with Gasteiger partial charge in [0.25, 0.3) is 0 Å². The van der Waals surface area contributed by atoms with Gasteiger partial charge in [-0.2, -0.15) is 0 Å². The van der Waals surface area contributed by atoms with Crippen molar-refractivity contribution in [2.45, 2.75) is 79.1 Å². The largest absolute Gasteiger partial charge is 0.485 e. The number of hydrogen-bond donors (Lipinski definition) is 0. The van der Waals surface area contributed by atoms with E-state index in [-0.39, 0.29) is 16.8 Å². The Bertz CT molecular complexity index is 170. The van der Waals surface area contributed by atoms with E-state index in [0.717, 1.165) is 0 Å². The van der Waals surface area contributed by atoms with Crippen LogP contribution in [-0.4, -0.2) is 26.3 Å². The molecule has 0 aromatic rings. The van der Waals surface area contributed by atoms with Crippen LogP contribution in [0.2, 0.25) is 0 Å². The maximum Gasteiger partial charge on any atom is 0.485 e. The van der Waals surface area contributed by atoms with Crippen molar-refractivity contribution in [1.29, 1.82) is 0 Å². The molecule has 0 heterocycles. The molecule has 0 amide bonds. The van der Waals surface area contributed by atoms with E-state index in [1.807, 2.05) is 62.3 Å². The van der Waals surface area contributed by atoms with Gasteiger partial charge in [-0.1, -0.05) is 0 Å². The number of hydrogen-bond acceptors (Lipinski definition) is 3. The molecule has 0 aliphatic carbocycles. The molecule has 4 heteroatoms. The van der Waals surface area contributed by atoms with Gasteiger partial charge in [0.05, 0.1) is 16.8 Å². The summed E-state index contributed by atoms with van der Waals surface area (Å²) in [6.45, 7) is 18.2. The van der Waals surface area contributed by atoms with Gasteiger partial charge < -0.3 is 13.3 Å². The van der Waals surface area contributed by atoms with Crippen molar-refractivity contribution in [3.05, 3.63) is 0 Å². The van der Waals surface area contributed by atoms with Gasteiger partial charge in [-0.05, 0) is 62.3 Å². The third-order valence-electron chi connectivity index (χ3n) is 1.35. The van der Waals surface area contributed by atoms with Crippen LogP contribution in [0.25, 0.3) is 0 Å². The van der Waals surface area contributed by atoms with Gasteiger partial charge in [0, 0.05) is 0 Å². The highest BCUT2D eigenvalue weighted by molar-refractivity contribution is 6.36. The molecule has 0 bridgehead atoms. The second kappa shape index (κ2) is 5.17. The summed E-state index contributed by atoms with van der Waals surface area (Å²) >= 11 is 0. The van der Waals surface area contributed by atoms with Crippen molar-refractivity contribution in [2.75, 3.05) is 0 Å². The van der Waals surface area contributed by atoms with E-state index >= 15 is 0 Å². The van der Waals surface area contributed by atoms with Crippen LogP contribution >= 0.6 is 0 Å². The van der Waals surface area contributed by atoms with Gasteiger partial charge in [-0.25, -0.2) is 0 Å². The monoisotopic (exact) mass is 248 g/mol. The van der Waals surface area contributed by atoms with Crippen LogP contribution in [0.4, 0.5) is 0 Å². The average molecular weight is 248 g/mol. The molecule has 0 aliphatic rings. The Morgan fingerprint density at radius 2 is 0.688 bits per heavy atom. The first kappa shape index (κ1) is 16.1. The van der Waals surface area contributed by atoms with E-state index in [2.05, 4.69) is 0 Å². The standard InChI is InChI=1S/C12H28O3Si/c1-10(2,3)13-16(14-11(4,5)6)15-12(7,8)9/h16H,1-9H3. The molecule has 0 saturated carbocycles. The second-order valence-corrected chi connectivity index (χ2v) is 8.26. The first-order valence-corrected chi connectivity index (χ1v) is 7.23. The van der Waals surface area contributed by atoms with Crippen molar-refractivity contribution in [3.8, 4) is 0 Å². The molecule has 0 spiro atoms. The smallest absolute Gasteiger partial charge is 0.371 e. The van der Waals surface area contributed by atoms with E-state index in [1.54, 1.807) is 0 Å². The van der Waals surface area contributed by atoms with Crippen LogP contribution in [0.3, 0.4) is 0 Å². The summed E-state index contributed by atoms with van der Waals surface area (Å²) in [5.41, 5.74) is -0.686. The third-order valence-corrected chi connectivity index (χ3v) is 4.05. The van der Waals surface area contributed by atoms with Crippen LogP contribution in [-0.2, 0) is 13.3 Å². The Labute approximate surface area is 102 Å². The first-order valence-electron chi connectivity index (χ1n) is 5.82. The molecule has 0 fully saturated rings. The summed E-state index contributed by atoms with van der Waals surface area (Å²) in [6, 6.07) is 0. The zero-order valence-corrected chi connectivity index (χ0v) is 13.5. The lowest BCUT2D eigenvalue weighted by molar-refractivity contribution is -0.0503. The highest BCUT2D eigenvalue weighted by Crippen LogP contribution is 2.20. The minimum absolute atomic E-state index is 0.229. The normalized spacial score (nSPS) is 14.6. The highest BCUT2D eigenvalue weighted by Gasteiger charge is 2.31. The summed E-state index contributed by atoms with van der Waals surface area (Å²) in [7, 11) is -2.11. The summed E-state index contributed by atoms with van der Waals surface area (Å²) in [5.74, 6) is 0. The fraction of sp³-hybridized carbons (Fsp3) is 1.00. The van der Waals surface area contributed by atoms with Crippen molar-refractivity contribution < 1.29 is 13.3 Å². The zero-order valence-electron chi connectivity index (χ0n) is 12.3. The molecule has 0 aromatic heterocycles. The average Bonchev–Trinajstić information content (AvgIpc) is 1.70. The lowest BCUT2D eigenvalue weighted by Crippen LogP contribution is -2.44. The predicted molar refractivity (Wildman–Crippen MR) is 69.7 cm³/mol. The molecule has 0 rings (SSSR count). The molecular formula is C12H28O3Si. The van der Waals surface area contributed by atoms with Crippen molar-refractivity contribution >= 4 is 9.53 Å². The van der Waals surface area contributed by atoms with Crippen LogP contribution in [0.15, 0.2) is 0 Å². The van der Waals surface area contributed by atoms with Gasteiger partial charge in [-0.15, -0.1) is 0 Å². The fourth-order valence-corrected chi connectivity index (χ4v) is 2.81. The highest BCUT2D eigenvalue weighted by atomic mass is 28.3. The first-order chi connectivity index (χ1) is 6.79. The van der Waals surface area contributed by atoms with Gasteiger partial charge in [-0.3, -0.25) is 0 Å². The van der Waals surface area contributed by atoms with E-state index < -0.39 is 9.53 Å². The molecule has 0 saturated heterocycles. The lowest BCUT2D eigenvalue weighted by Gasteiger charge is -2.34. The summed E-state index contributed by atoms with van der Waals surface area (Å²) in [6.07, 6.45) is 0.